The SMILES string of the molecule is CCc1noc(CC)c1CNC(=NC)NCc1ncc(-c2ccccc2)[nH]1.I. The van der Waals surface area contributed by atoms with Crippen LogP contribution in [-0.2, 0) is 25.9 Å². The summed E-state index contributed by atoms with van der Waals surface area (Å²) in [4.78, 5) is 12.1. The number of aryl methyl sites for hydroxylation is 2. The van der Waals surface area contributed by atoms with E-state index in [-0.39, 0.29) is 24.0 Å². The number of nitrogens with zero attached hydrogens (tertiary/aromatic N) is 3. The third-order valence-corrected chi connectivity index (χ3v) is 4.40. The van der Waals surface area contributed by atoms with E-state index in [0.29, 0.717) is 19.0 Å². The molecule has 0 bridgehead atoms. The van der Waals surface area contributed by atoms with E-state index in [4.69, 9.17) is 4.52 Å². The normalized spacial score (nSPS) is 11.2. The first-order valence-electron chi connectivity index (χ1n) is 9.25. The van der Waals surface area contributed by atoms with E-state index in [1.807, 2.05) is 24.4 Å². The van der Waals surface area contributed by atoms with Crippen molar-refractivity contribution >= 4 is 29.9 Å². The number of hydrogen-bond donors (Lipinski definition) is 3. The van der Waals surface area contributed by atoms with Gasteiger partial charge in [-0.3, -0.25) is 4.99 Å². The van der Waals surface area contributed by atoms with Crippen LogP contribution in [0, 0.1) is 0 Å². The summed E-state index contributed by atoms with van der Waals surface area (Å²) < 4.78 is 5.41. The molecule has 0 aliphatic carbocycles. The van der Waals surface area contributed by atoms with Gasteiger partial charge >= 0.3 is 0 Å². The first-order chi connectivity index (χ1) is 13.2. The molecule has 0 fully saturated rings. The molecule has 0 aliphatic rings. The molecule has 8 heteroatoms. The van der Waals surface area contributed by atoms with E-state index in [9.17, 15) is 0 Å². The molecule has 0 atom stereocenters. The van der Waals surface area contributed by atoms with Gasteiger partial charge in [-0.1, -0.05) is 49.3 Å². The van der Waals surface area contributed by atoms with Gasteiger partial charge < -0.3 is 20.1 Å². The maximum Gasteiger partial charge on any atom is 0.191 e. The van der Waals surface area contributed by atoms with Gasteiger partial charge in [-0.15, -0.1) is 24.0 Å². The van der Waals surface area contributed by atoms with Gasteiger partial charge in [0.1, 0.15) is 11.6 Å². The van der Waals surface area contributed by atoms with Gasteiger partial charge in [0, 0.05) is 25.6 Å². The predicted octanol–water partition coefficient (Wildman–Crippen LogP) is 3.67. The lowest BCUT2D eigenvalue weighted by atomic mass is 10.1. The van der Waals surface area contributed by atoms with E-state index in [2.05, 4.69) is 56.7 Å². The summed E-state index contributed by atoms with van der Waals surface area (Å²) in [6.07, 6.45) is 3.52. The van der Waals surface area contributed by atoms with E-state index in [1.165, 1.54) is 0 Å². The summed E-state index contributed by atoms with van der Waals surface area (Å²) in [5.41, 5.74) is 4.23. The molecule has 0 aliphatic heterocycles. The number of nitrogens with one attached hydrogen (secondary N) is 3. The fourth-order valence-electron chi connectivity index (χ4n) is 2.91. The number of rotatable bonds is 7. The first-order valence-corrected chi connectivity index (χ1v) is 9.25. The Balaban J connectivity index is 0.00000280. The van der Waals surface area contributed by atoms with Crippen LogP contribution in [0.15, 0.2) is 46.0 Å². The van der Waals surface area contributed by atoms with Crippen molar-refractivity contribution in [2.45, 2.75) is 39.8 Å². The number of benzene rings is 1. The molecular formula is C20H27IN6O. The van der Waals surface area contributed by atoms with Gasteiger partial charge in [-0.2, -0.15) is 0 Å². The number of halogens is 1. The average Bonchev–Trinajstić information content (AvgIpc) is 3.35. The zero-order valence-corrected chi connectivity index (χ0v) is 18.8. The van der Waals surface area contributed by atoms with Crippen molar-refractivity contribution in [2.24, 2.45) is 4.99 Å². The summed E-state index contributed by atoms with van der Waals surface area (Å²) in [6.45, 7) is 5.33. The molecule has 2 aromatic heterocycles. The zero-order valence-electron chi connectivity index (χ0n) is 16.5. The minimum atomic E-state index is 0. The molecule has 7 nitrogen and oxygen atoms in total. The molecule has 0 spiro atoms. The van der Waals surface area contributed by atoms with Gasteiger partial charge in [-0.25, -0.2) is 4.98 Å². The lowest BCUT2D eigenvalue weighted by molar-refractivity contribution is 0.380. The summed E-state index contributed by atoms with van der Waals surface area (Å²) in [7, 11) is 1.75. The van der Waals surface area contributed by atoms with Crippen molar-refractivity contribution in [3.05, 3.63) is 59.4 Å². The Morgan fingerprint density at radius 1 is 1.11 bits per heavy atom. The zero-order chi connectivity index (χ0) is 19.1. The lowest BCUT2D eigenvalue weighted by Crippen LogP contribution is -2.36. The van der Waals surface area contributed by atoms with Gasteiger partial charge in [-0.05, 0) is 12.0 Å². The van der Waals surface area contributed by atoms with Gasteiger partial charge in [0.25, 0.3) is 0 Å². The van der Waals surface area contributed by atoms with Crippen LogP contribution in [0.25, 0.3) is 11.3 Å². The quantitative estimate of drug-likeness (QED) is 0.265. The monoisotopic (exact) mass is 494 g/mol. The number of H-pyrrole nitrogens is 1. The van der Waals surface area contributed by atoms with Crippen molar-refractivity contribution in [2.75, 3.05) is 7.05 Å². The van der Waals surface area contributed by atoms with Crippen molar-refractivity contribution in [3.63, 3.8) is 0 Å². The lowest BCUT2D eigenvalue weighted by Gasteiger charge is -2.11. The van der Waals surface area contributed by atoms with Crippen molar-refractivity contribution in [1.29, 1.82) is 0 Å². The van der Waals surface area contributed by atoms with Crippen LogP contribution in [-0.4, -0.2) is 28.1 Å². The Kier molecular flexibility index (Phi) is 8.49. The molecule has 1 aromatic carbocycles. The second kappa shape index (κ2) is 10.8. The van der Waals surface area contributed by atoms with Crippen LogP contribution in [0.1, 0.15) is 36.7 Å². The predicted molar refractivity (Wildman–Crippen MR) is 122 cm³/mol. The van der Waals surface area contributed by atoms with E-state index < -0.39 is 0 Å². The topological polar surface area (TPSA) is 91.1 Å². The van der Waals surface area contributed by atoms with E-state index in [0.717, 1.165) is 46.9 Å². The fraction of sp³-hybridized carbons (Fsp3) is 0.350. The van der Waals surface area contributed by atoms with E-state index >= 15 is 0 Å². The number of guanidine groups is 1. The van der Waals surface area contributed by atoms with Crippen LogP contribution >= 0.6 is 24.0 Å². The number of imidazole rings is 1. The standard InChI is InChI=1S/C20H26N6O.HI/c1-4-16-15(18(5-2)27-26-16)11-23-20(21-3)24-13-19-22-12-17(25-19)14-9-7-6-8-10-14;/h6-10,12H,4-5,11,13H2,1-3H3,(H,22,25)(H2,21,23,24);1H. The van der Waals surface area contributed by atoms with Crippen LogP contribution < -0.4 is 10.6 Å². The molecule has 2 heterocycles. The highest BCUT2D eigenvalue weighted by Crippen LogP contribution is 2.16. The molecule has 3 rings (SSSR count). The van der Waals surface area contributed by atoms with Crippen LogP contribution in [0.4, 0.5) is 0 Å². The molecule has 3 N–H and O–H groups in total. The third-order valence-electron chi connectivity index (χ3n) is 4.40. The largest absolute Gasteiger partial charge is 0.361 e. The van der Waals surface area contributed by atoms with E-state index in [1.54, 1.807) is 7.05 Å². The molecule has 0 amide bonds. The van der Waals surface area contributed by atoms with Gasteiger partial charge in [0.05, 0.1) is 24.1 Å². The van der Waals surface area contributed by atoms with Crippen LogP contribution in [0.2, 0.25) is 0 Å². The Labute approximate surface area is 182 Å². The minimum Gasteiger partial charge on any atom is -0.361 e. The number of aromatic amines is 1. The van der Waals surface area contributed by atoms with Crippen LogP contribution in [0.5, 0.6) is 0 Å². The smallest absolute Gasteiger partial charge is 0.191 e. The minimum absolute atomic E-state index is 0. The average molecular weight is 494 g/mol. The van der Waals surface area contributed by atoms with Crippen molar-refractivity contribution in [1.82, 2.24) is 25.8 Å². The second-order valence-electron chi connectivity index (χ2n) is 6.13. The van der Waals surface area contributed by atoms with Gasteiger partial charge in [0.15, 0.2) is 5.96 Å². The summed E-state index contributed by atoms with van der Waals surface area (Å²) in [6, 6.07) is 10.1. The third kappa shape index (κ3) is 5.34. The number of hydrogen-bond acceptors (Lipinski definition) is 4. The van der Waals surface area contributed by atoms with Gasteiger partial charge in [0.2, 0.25) is 0 Å². The Morgan fingerprint density at radius 3 is 2.54 bits per heavy atom. The van der Waals surface area contributed by atoms with Crippen molar-refractivity contribution < 1.29 is 4.52 Å². The molecule has 150 valence electrons. The molecule has 0 unspecified atom stereocenters. The molecule has 0 saturated heterocycles. The fourth-order valence-corrected chi connectivity index (χ4v) is 2.91. The summed E-state index contributed by atoms with van der Waals surface area (Å²) >= 11 is 0. The molecule has 0 saturated carbocycles. The summed E-state index contributed by atoms with van der Waals surface area (Å²) in [5, 5.41) is 10.8. The van der Waals surface area contributed by atoms with Crippen LogP contribution in [0.3, 0.4) is 0 Å². The highest BCUT2D eigenvalue weighted by molar-refractivity contribution is 14.0. The molecule has 28 heavy (non-hydrogen) atoms. The maximum atomic E-state index is 5.41. The Bertz CT molecular complexity index is 866. The molecule has 0 radical (unpaired) electrons. The highest BCUT2D eigenvalue weighted by atomic mass is 127. The number of aromatic nitrogens is 3. The number of aliphatic imine (C=N–C) groups is 1. The Morgan fingerprint density at radius 2 is 1.86 bits per heavy atom. The molecular weight excluding hydrogens is 467 g/mol. The second-order valence-corrected chi connectivity index (χ2v) is 6.13. The van der Waals surface area contributed by atoms with Crippen molar-refractivity contribution in [3.8, 4) is 11.3 Å². The summed E-state index contributed by atoms with van der Waals surface area (Å²) in [5.74, 6) is 2.48. The molecule has 3 aromatic rings. The maximum absolute atomic E-state index is 5.41. The highest BCUT2D eigenvalue weighted by Gasteiger charge is 2.13. The first kappa shape index (κ1) is 21.9. The Hall–Kier alpha value is -2.36.